The Kier molecular flexibility index (Phi) is 16.9. The normalized spacial score (nSPS) is 14.6. The van der Waals surface area contributed by atoms with Crippen molar-refractivity contribution in [1.29, 1.82) is 0 Å². The highest BCUT2D eigenvalue weighted by molar-refractivity contribution is 7.50. The number of piperidine rings is 1. The van der Waals surface area contributed by atoms with Crippen molar-refractivity contribution in [2.24, 2.45) is 11.7 Å². The Balaban J connectivity index is 1.29. The quantitative estimate of drug-likeness (QED) is 0.0439. The van der Waals surface area contributed by atoms with E-state index in [4.69, 9.17) is 5.73 Å². The number of hydrogen-bond donors (Lipinski definition) is 7. The Morgan fingerprint density at radius 3 is 2.08 bits per heavy atom. The van der Waals surface area contributed by atoms with Crippen LogP contribution < -0.4 is 21.7 Å². The van der Waals surface area contributed by atoms with E-state index < -0.39 is 73.7 Å². The summed E-state index contributed by atoms with van der Waals surface area (Å²) in [6.45, 7) is 0.391. The lowest BCUT2D eigenvalue weighted by Crippen LogP contribution is -2.66. The molecule has 0 radical (unpaired) electrons. The lowest BCUT2D eigenvalue weighted by atomic mass is 9.84. The summed E-state index contributed by atoms with van der Waals surface area (Å²) in [5.41, 5.74) is 6.99. The average Bonchev–Trinajstić information content (AvgIpc) is 3.23. The Bertz CT molecular complexity index is 2230. The molecule has 8 N–H and O–H groups in total. The number of carbonyl (C=O) groups excluding carboxylic acids is 5. The highest BCUT2D eigenvalue weighted by Gasteiger charge is 2.46. The zero-order valence-corrected chi connectivity index (χ0v) is 35.6. The molecule has 1 saturated heterocycles. The van der Waals surface area contributed by atoms with Crippen LogP contribution in [0.25, 0.3) is 10.8 Å². The van der Waals surface area contributed by atoms with Gasteiger partial charge in [0.05, 0.1) is 24.9 Å². The fourth-order valence-electron chi connectivity index (χ4n) is 7.90. The monoisotopic (exact) mass is 869 g/mol. The predicted octanol–water partition coefficient (Wildman–Crippen LogP) is 4.15. The van der Waals surface area contributed by atoms with Gasteiger partial charge in [0.1, 0.15) is 11.6 Å². The molecule has 0 saturated carbocycles. The highest BCUT2D eigenvalue weighted by atomic mass is 31.2. The molecule has 0 unspecified atom stereocenters. The first-order chi connectivity index (χ1) is 29.6. The van der Waals surface area contributed by atoms with Gasteiger partial charge < -0.3 is 41.5 Å². The number of rotatable bonds is 22. The number of unbranched alkanes of at least 4 members (excludes halogenated alkanes) is 1. The van der Waals surface area contributed by atoms with Crippen LogP contribution in [0, 0.1) is 5.92 Å². The number of aliphatic carboxylic acids is 1. The van der Waals surface area contributed by atoms with E-state index in [0.717, 1.165) is 29.2 Å². The van der Waals surface area contributed by atoms with Gasteiger partial charge in [0, 0.05) is 26.1 Å². The first-order valence-electron chi connectivity index (χ1n) is 20.9. The van der Waals surface area contributed by atoms with Crippen molar-refractivity contribution in [3.63, 3.8) is 0 Å². The summed E-state index contributed by atoms with van der Waals surface area (Å²) in [4.78, 5) is 100.0. The van der Waals surface area contributed by atoms with Gasteiger partial charge in [-0.2, -0.15) is 0 Å². The molecule has 2 atom stereocenters. The first kappa shape index (κ1) is 47.2. The summed E-state index contributed by atoms with van der Waals surface area (Å²) < 4.78 is 11.5. The van der Waals surface area contributed by atoms with E-state index in [1.165, 1.54) is 17.7 Å². The molecule has 330 valence electrons. The number of carbonyl (C=O) groups is 6. The van der Waals surface area contributed by atoms with Gasteiger partial charge in [-0.15, -0.1) is 0 Å². The molecule has 15 nitrogen and oxygen atoms in total. The minimum Gasteiger partial charge on any atom is -0.481 e. The van der Waals surface area contributed by atoms with Crippen molar-refractivity contribution in [1.82, 2.24) is 20.9 Å². The van der Waals surface area contributed by atoms with Crippen LogP contribution in [-0.4, -0.2) is 86.5 Å². The van der Waals surface area contributed by atoms with Gasteiger partial charge in [0.2, 0.25) is 29.5 Å². The molecule has 1 heterocycles. The Labute approximate surface area is 361 Å². The van der Waals surface area contributed by atoms with E-state index in [1.807, 2.05) is 72.8 Å². The molecule has 1 fully saturated rings. The molecule has 16 heteroatoms. The summed E-state index contributed by atoms with van der Waals surface area (Å²) in [6, 6.07) is 28.6. The Hall–Kier alpha value is -5.89. The number of nitrogens with zero attached hydrogens (tertiary/aromatic N) is 1. The molecule has 62 heavy (non-hydrogen) atoms. The third-order valence-electron chi connectivity index (χ3n) is 11.2. The summed E-state index contributed by atoms with van der Waals surface area (Å²) in [6.07, 6.45) is 1.94. The van der Waals surface area contributed by atoms with Crippen molar-refractivity contribution < 1.29 is 48.2 Å². The number of nitrogens with two attached hydrogens (primary N) is 1. The van der Waals surface area contributed by atoms with E-state index in [-0.39, 0.29) is 51.2 Å². The van der Waals surface area contributed by atoms with Crippen molar-refractivity contribution in [3.8, 4) is 0 Å². The van der Waals surface area contributed by atoms with E-state index in [2.05, 4.69) is 16.0 Å². The molecule has 0 spiro atoms. The first-order valence-corrected chi connectivity index (χ1v) is 22.7. The summed E-state index contributed by atoms with van der Waals surface area (Å²) in [5.74, 6) is -5.60. The van der Waals surface area contributed by atoms with Crippen LogP contribution in [0.2, 0.25) is 0 Å². The molecule has 5 rings (SSSR count). The van der Waals surface area contributed by atoms with E-state index in [1.54, 1.807) is 17.0 Å². The number of carboxylic acid groups (broad SMARTS) is 1. The molecule has 5 amide bonds. The summed E-state index contributed by atoms with van der Waals surface area (Å²) in [7, 11) is -4.34. The van der Waals surface area contributed by atoms with Crippen molar-refractivity contribution >= 4 is 53.9 Å². The van der Waals surface area contributed by atoms with Crippen LogP contribution in [0.3, 0.4) is 0 Å². The largest absolute Gasteiger partial charge is 0.481 e. The van der Waals surface area contributed by atoms with Gasteiger partial charge in [-0.25, -0.2) is 0 Å². The third kappa shape index (κ3) is 14.4. The highest BCUT2D eigenvalue weighted by Crippen LogP contribution is 2.39. The molecule has 1 aliphatic rings. The molecular weight excluding hydrogens is 814 g/mol. The van der Waals surface area contributed by atoms with Gasteiger partial charge in [-0.1, -0.05) is 97.1 Å². The minimum atomic E-state index is -4.34. The summed E-state index contributed by atoms with van der Waals surface area (Å²) >= 11 is 0. The van der Waals surface area contributed by atoms with E-state index in [9.17, 15) is 48.2 Å². The van der Waals surface area contributed by atoms with Gasteiger partial charge in [0.25, 0.3) is 0 Å². The van der Waals surface area contributed by atoms with Crippen LogP contribution in [0.15, 0.2) is 97.1 Å². The number of fused-ring (bicyclic) bond motifs is 1. The fraction of sp³-hybridized carbons (Fsp3) is 0.391. The number of amides is 5. The maximum absolute atomic E-state index is 14.4. The van der Waals surface area contributed by atoms with Crippen LogP contribution >= 0.6 is 7.60 Å². The van der Waals surface area contributed by atoms with Crippen LogP contribution in [0.5, 0.6) is 0 Å². The lowest BCUT2D eigenvalue weighted by molar-refractivity contribution is -0.145. The van der Waals surface area contributed by atoms with Crippen LogP contribution in [-0.2, 0) is 58.8 Å². The zero-order valence-electron chi connectivity index (χ0n) is 34.7. The number of nitrogens with one attached hydrogen (secondary N) is 3. The molecule has 4 aromatic carbocycles. The summed E-state index contributed by atoms with van der Waals surface area (Å²) in [5, 5.41) is 20.3. The number of likely N-dealkylation sites (tertiary alicyclic amines) is 1. The van der Waals surface area contributed by atoms with Crippen LogP contribution in [0.4, 0.5) is 0 Å². The number of carboxylic acids is 1. The fourth-order valence-corrected chi connectivity index (χ4v) is 8.58. The second kappa shape index (κ2) is 22.3. The van der Waals surface area contributed by atoms with Crippen molar-refractivity contribution in [2.75, 3.05) is 19.6 Å². The van der Waals surface area contributed by atoms with Gasteiger partial charge in [-0.05, 0) is 84.4 Å². The Morgan fingerprint density at radius 1 is 0.742 bits per heavy atom. The number of benzene rings is 4. The third-order valence-corrected chi connectivity index (χ3v) is 12.0. The van der Waals surface area contributed by atoms with Crippen LogP contribution in [0.1, 0.15) is 73.6 Å². The minimum absolute atomic E-state index is 0.0624. The van der Waals surface area contributed by atoms with Crippen molar-refractivity contribution in [3.05, 3.63) is 119 Å². The smallest absolute Gasteiger partial charge is 0.329 e. The number of hydrogen-bond acceptors (Lipinski definition) is 7. The standard InChI is InChI=1S/C46H56N5O10P/c47-40(52)30-39(44(57)48-25-9-16-36-15-8-14-35-13-5-6-17-38(35)36)49-45(58)46(23-26-51(27-24-46)41(53)18-7-4-12-32-10-2-1-3-11-32)50-43(56)37(29-42(54)55)28-33-19-21-34(22-20-33)31-62(59,60)61/h1-3,5-6,8,10-11,13-15,17,19-22,37,39H,4,7,9,12,16,18,23-31H2,(H2,47,52)(H,48,57)(H,49,58)(H,50,56)(H,54,55)(H2,59,60,61)/t37-,39-/m0/s1. The van der Waals surface area contributed by atoms with E-state index in [0.29, 0.717) is 30.4 Å². The second-order valence-electron chi connectivity index (χ2n) is 16.0. The van der Waals surface area contributed by atoms with Gasteiger partial charge in [0.15, 0.2) is 0 Å². The molecule has 0 aliphatic carbocycles. The number of primary amides is 1. The predicted molar refractivity (Wildman–Crippen MR) is 233 cm³/mol. The molecule has 0 aromatic heterocycles. The zero-order chi connectivity index (χ0) is 44.7. The molecular formula is C46H56N5O10P. The van der Waals surface area contributed by atoms with E-state index >= 15 is 0 Å². The topological polar surface area (TPSA) is 246 Å². The average molecular weight is 870 g/mol. The SMILES string of the molecule is NC(=O)C[C@H](NC(=O)C1(NC(=O)[C@H](CC(=O)O)Cc2ccc(CP(=O)(O)O)cc2)CCN(C(=O)CCCCc2ccccc2)CC1)C(=O)NCCCc1cccc2ccccc12. The Morgan fingerprint density at radius 2 is 1.40 bits per heavy atom. The molecule has 4 aromatic rings. The number of aryl methyl sites for hydroxylation is 2. The van der Waals surface area contributed by atoms with Gasteiger partial charge >= 0.3 is 13.6 Å². The van der Waals surface area contributed by atoms with Crippen molar-refractivity contribution in [2.45, 2.75) is 88.4 Å². The maximum atomic E-state index is 14.4. The lowest BCUT2D eigenvalue weighted by Gasteiger charge is -2.42. The maximum Gasteiger partial charge on any atom is 0.329 e. The molecule has 0 bridgehead atoms. The molecule has 1 aliphatic heterocycles. The second-order valence-corrected chi connectivity index (χ2v) is 17.7. The van der Waals surface area contributed by atoms with Gasteiger partial charge in [-0.3, -0.25) is 33.3 Å².